The molecule has 0 atom stereocenters. The third kappa shape index (κ3) is 2.48. The molecule has 2 rings (SSSR count). The third-order valence-corrected chi connectivity index (χ3v) is 2.76. The van der Waals surface area contributed by atoms with Crippen LogP contribution in [0, 0.1) is 6.92 Å². The monoisotopic (exact) mass is 273 g/mol. The molecule has 19 heavy (non-hydrogen) atoms. The maximum atomic E-state index is 12.6. The van der Waals surface area contributed by atoms with Crippen molar-refractivity contribution in [3.8, 4) is 5.82 Å². The van der Waals surface area contributed by atoms with Gasteiger partial charge in [0, 0.05) is 25.4 Å². The fraction of sp³-hybridized carbons (Fsp3) is 0.455. The minimum absolute atomic E-state index is 0.510. The van der Waals surface area contributed by atoms with E-state index in [1.807, 2.05) is 6.92 Å². The van der Waals surface area contributed by atoms with Crippen LogP contribution < -0.4 is 5.32 Å². The van der Waals surface area contributed by atoms with Gasteiger partial charge < -0.3 is 5.32 Å². The molecule has 0 amide bonds. The highest BCUT2D eigenvalue weighted by Gasteiger charge is 2.34. The topological polar surface area (TPSA) is 47.7 Å². The van der Waals surface area contributed by atoms with Crippen LogP contribution in [0.25, 0.3) is 5.82 Å². The highest BCUT2D eigenvalue weighted by Crippen LogP contribution is 2.28. The van der Waals surface area contributed by atoms with E-state index in [0.29, 0.717) is 12.4 Å². The van der Waals surface area contributed by atoms with E-state index in [9.17, 15) is 13.2 Å². The molecule has 104 valence electrons. The third-order valence-electron chi connectivity index (χ3n) is 2.76. The molecule has 0 fully saturated rings. The zero-order valence-electron chi connectivity index (χ0n) is 10.8. The van der Waals surface area contributed by atoms with Gasteiger partial charge in [-0.3, -0.25) is 4.68 Å². The maximum Gasteiger partial charge on any atom is 0.435 e. The van der Waals surface area contributed by atoms with Crippen LogP contribution in [0.2, 0.25) is 0 Å². The largest absolute Gasteiger partial charge is 0.435 e. The molecule has 0 unspecified atom stereocenters. The molecule has 2 heterocycles. The van der Waals surface area contributed by atoms with Crippen LogP contribution in [0.4, 0.5) is 13.2 Å². The van der Waals surface area contributed by atoms with Gasteiger partial charge in [-0.1, -0.05) is 0 Å². The second-order valence-electron chi connectivity index (χ2n) is 4.18. The Balaban J connectivity index is 2.50. The Bertz CT molecular complexity index is 582. The normalized spacial score (nSPS) is 12.1. The minimum Gasteiger partial charge on any atom is -0.315 e. The first kappa shape index (κ1) is 13.6. The lowest BCUT2D eigenvalue weighted by Crippen LogP contribution is -2.13. The van der Waals surface area contributed by atoms with Crippen LogP contribution in [0.15, 0.2) is 12.3 Å². The Kier molecular flexibility index (Phi) is 3.36. The lowest BCUT2D eigenvalue weighted by molar-refractivity contribution is -0.141. The van der Waals surface area contributed by atoms with Crippen molar-refractivity contribution in [1.82, 2.24) is 24.9 Å². The van der Waals surface area contributed by atoms with Gasteiger partial charge in [0.1, 0.15) is 0 Å². The van der Waals surface area contributed by atoms with E-state index in [0.717, 1.165) is 17.3 Å². The van der Waals surface area contributed by atoms with Gasteiger partial charge in [0.05, 0.1) is 5.69 Å². The first-order valence-electron chi connectivity index (χ1n) is 5.65. The molecule has 0 aliphatic rings. The second-order valence-corrected chi connectivity index (χ2v) is 4.18. The van der Waals surface area contributed by atoms with Gasteiger partial charge in [0.2, 0.25) is 0 Å². The van der Waals surface area contributed by atoms with Crippen LogP contribution in [0.1, 0.15) is 17.0 Å². The summed E-state index contributed by atoms with van der Waals surface area (Å²) in [4.78, 5) is 0. The molecule has 0 aromatic carbocycles. The number of aromatic nitrogens is 4. The molecular formula is C11H14F3N5. The van der Waals surface area contributed by atoms with E-state index < -0.39 is 11.9 Å². The summed E-state index contributed by atoms with van der Waals surface area (Å²) in [5.41, 5.74) is 0.666. The Labute approximate surface area is 108 Å². The van der Waals surface area contributed by atoms with E-state index in [1.165, 1.54) is 15.6 Å². The molecule has 0 aliphatic carbocycles. The zero-order valence-corrected chi connectivity index (χ0v) is 10.8. The highest BCUT2D eigenvalue weighted by atomic mass is 19.4. The van der Waals surface area contributed by atoms with Crippen molar-refractivity contribution in [2.24, 2.45) is 7.05 Å². The van der Waals surface area contributed by atoms with E-state index in [4.69, 9.17) is 0 Å². The van der Waals surface area contributed by atoms with Crippen molar-refractivity contribution in [1.29, 1.82) is 0 Å². The Morgan fingerprint density at radius 2 is 2.00 bits per heavy atom. The van der Waals surface area contributed by atoms with Crippen molar-refractivity contribution < 1.29 is 13.2 Å². The van der Waals surface area contributed by atoms with Crippen molar-refractivity contribution in [3.63, 3.8) is 0 Å². The summed E-state index contributed by atoms with van der Waals surface area (Å²) in [6.07, 6.45) is -3.15. The van der Waals surface area contributed by atoms with E-state index >= 15 is 0 Å². The summed E-state index contributed by atoms with van der Waals surface area (Å²) in [5.74, 6) is 0.530. The number of hydrogen-bond donors (Lipinski definition) is 1. The molecule has 0 radical (unpaired) electrons. The number of nitrogens with zero attached hydrogens (tertiary/aromatic N) is 4. The van der Waals surface area contributed by atoms with Crippen LogP contribution in [-0.4, -0.2) is 26.6 Å². The molecule has 0 saturated carbocycles. The molecular weight excluding hydrogens is 259 g/mol. The lowest BCUT2D eigenvalue weighted by atomic mass is 10.2. The van der Waals surface area contributed by atoms with Crippen LogP contribution in [-0.2, 0) is 19.8 Å². The first-order chi connectivity index (χ1) is 8.84. The average Bonchev–Trinajstić information content (AvgIpc) is 2.85. The quantitative estimate of drug-likeness (QED) is 0.925. The summed E-state index contributed by atoms with van der Waals surface area (Å²) < 4.78 is 40.4. The smallest absolute Gasteiger partial charge is 0.315 e. The van der Waals surface area contributed by atoms with Crippen LogP contribution in [0.5, 0.6) is 0 Å². The van der Waals surface area contributed by atoms with Crippen molar-refractivity contribution >= 4 is 0 Å². The van der Waals surface area contributed by atoms with Crippen molar-refractivity contribution in [2.75, 3.05) is 7.05 Å². The summed E-state index contributed by atoms with van der Waals surface area (Å²) >= 11 is 0. The molecule has 2 aromatic heterocycles. The Morgan fingerprint density at radius 1 is 1.32 bits per heavy atom. The van der Waals surface area contributed by atoms with Crippen LogP contribution in [0.3, 0.4) is 0 Å². The molecule has 5 nitrogen and oxygen atoms in total. The molecule has 0 spiro atoms. The van der Waals surface area contributed by atoms with Gasteiger partial charge in [-0.05, 0) is 20.0 Å². The first-order valence-corrected chi connectivity index (χ1v) is 5.65. The van der Waals surface area contributed by atoms with Crippen molar-refractivity contribution in [3.05, 3.63) is 29.2 Å². The number of rotatable bonds is 3. The van der Waals surface area contributed by atoms with E-state index in [2.05, 4.69) is 15.5 Å². The van der Waals surface area contributed by atoms with Crippen LogP contribution >= 0.6 is 0 Å². The maximum absolute atomic E-state index is 12.6. The minimum atomic E-state index is -4.44. The number of halogens is 3. The summed E-state index contributed by atoms with van der Waals surface area (Å²) in [6.45, 7) is 2.32. The second kappa shape index (κ2) is 4.69. The molecule has 1 N–H and O–H groups in total. The van der Waals surface area contributed by atoms with E-state index in [1.54, 1.807) is 14.1 Å². The fourth-order valence-corrected chi connectivity index (χ4v) is 1.95. The average molecular weight is 273 g/mol. The van der Waals surface area contributed by atoms with Gasteiger partial charge in [0.15, 0.2) is 11.5 Å². The fourth-order valence-electron chi connectivity index (χ4n) is 1.95. The zero-order chi connectivity index (χ0) is 14.2. The van der Waals surface area contributed by atoms with Gasteiger partial charge in [-0.25, -0.2) is 4.68 Å². The number of aryl methyl sites for hydroxylation is 2. The molecule has 8 heteroatoms. The van der Waals surface area contributed by atoms with Gasteiger partial charge in [-0.2, -0.15) is 23.4 Å². The molecule has 0 aliphatic heterocycles. The van der Waals surface area contributed by atoms with Gasteiger partial charge in [0.25, 0.3) is 0 Å². The van der Waals surface area contributed by atoms with Gasteiger partial charge >= 0.3 is 6.18 Å². The predicted octanol–water partition coefficient (Wildman–Crippen LogP) is 1.65. The number of nitrogens with one attached hydrogen (secondary N) is 1. The highest BCUT2D eigenvalue weighted by molar-refractivity contribution is 5.37. The Morgan fingerprint density at radius 3 is 2.53 bits per heavy atom. The molecule has 0 bridgehead atoms. The SMILES string of the molecule is CNCc1c(C)nn(C)c1-n1ccc(C(F)(F)F)n1. The van der Waals surface area contributed by atoms with Crippen molar-refractivity contribution in [2.45, 2.75) is 19.6 Å². The predicted molar refractivity (Wildman–Crippen MR) is 62.8 cm³/mol. The summed E-state index contributed by atoms with van der Waals surface area (Å²) in [5, 5.41) is 10.8. The molecule has 0 saturated heterocycles. The summed E-state index contributed by atoms with van der Waals surface area (Å²) in [6, 6.07) is 0.950. The lowest BCUT2D eigenvalue weighted by Gasteiger charge is -2.06. The Hall–Kier alpha value is -1.83. The van der Waals surface area contributed by atoms with E-state index in [-0.39, 0.29) is 0 Å². The number of hydrogen-bond acceptors (Lipinski definition) is 3. The number of alkyl halides is 3. The summed E-state index contributed by atoms with van der Waals surface area (Å²) in [7, 11) is 3.44. The van der Waals surface area contributed by atoms with Gasteiger partial charge in [-0.15, -0.1) is 0 Å². The molecule has 2 aromatic rings. The standard InChI is InChI=1S/C11H14F3N5/c1-7-8(6-15-2)10(18(3)16-7)19-5-4-9(17-19)11(12,13)14/h4-5,15H,6H2,1-3H3.